The van der Waals surface area contributed by atoms with Crippen molar-refractivity contribution < 1.29 is 9.53 Å². The average Bonchev–Trinajstić information content (AvgIpc) is 2.43. The predicted molar refractivity (Wildman–Crippen MR) is 78.0 cm³/mol. The first-order valence-corrected chi connectivity index (χ1v) is 6.50. The quantitative estimate of drug-likeness (QED) is 0.606. The molecule has 0 heterocycles. The minimum Gasteiger partial charge on any atom is -0.468 e. The number of nitrogens with one attached hydrogen (secondary N) is 1. The van der Waals surface area contributed by atoms with E-state index in [1.54, 1.807) is 6.08 Å². The Bertz CT molecular complexity index is 412. The average molecular weight is 261 g/mol. The number of carbonyl (C=O) groups is 1. The second-order valence-electron chi connectivity index (χ2n) is 5.25. The van der Waals surface area contributed by atoms with E-state index in [2.05, 4.69) is 37.9 Å². The van der Waals surface area contributed by atoms with Crippen LogP contribution in [0.15, 0.2) is 43.0 Å². The zero-order valence-corrected chi connectivity index (χ0v) is 12.0. The van der Waals surface area contributed by atoms with Gasteiger partial charge in [-0.05, 0) is 32.3 Å². The summed E-state index contributed by atoms with van der Waals surface area (Å²) in [5, 5.41) is 3.27. The molecule has 3 heteroatoms. The number of aryl methyl sites for hydroxylation is 1. The smallest absolute Gasteiger partial charge is 0.326 e. The summed E-state index contributed by atoms with van der Waals surface area (Å²) in [5.74, 6) is -0.303. The highest BCUT2D eigenvalue weighted by Gasteiger charge is 2.25. The number of esters is 1. The lowest BCUT2D eigenvalue weighted by Crippen LogP contribution is -2.49. The molecular formula is C16H23NO2. The van der Waals surface area contributed by atoms with Gasteiger partial charge in [-0.3, -0.25) is 10.1 Å². The first-order valence-electron chi connectivity index (χ1n) is 6.50. The summed E-state index contributed by atoms with van der Waals surface area (Å²) >= 11 is 0. The van der Waals surface area contributed by atoms with E-state index >= 15 is 0 Å². The molecule has 0 fully saturated rings. The van der Waals surface area contributed by atoms with Gasteiger partial charge in [-0.2, -0.15) is 0 Å². The van der Waals surface area contributed by atoms with Crippen LogP contribution in [-0.4, -0.2) is 24.7 Å². The summed E-state index contributed by atoms with van der Waals surface area (Å²) in [4.78, 5) is 11.5. The molecule has 1 unspecified atom stereocenters. The molecule has 1 aromatic rings. The van der Waals surface area contributed by atoms with Crippen LogP contribution >= 0.6 is 0 Å². The normalized spacial score (nSPS) is 12.8. The molecule has 0 radical (unpaired) electrons. The first kappa shape index (κ1) is 15.4. The number of methoxy groups -OCH3 is 1. The van der Waals surface area contributed by atoms with Crippen molar-refractivity contribution in [2.75, 3.05) is 7.11 Å². The predicted octanol–water partition coefficient (Wildman–Crippen LogP) is 2.72. The molecular weight excluding hydrogens is 238 g/mol. The summed E-state index contributed by atoms with van der Waals surface area (Å²) in [6.07, 6.45) is 3.47. The molecule has 1 rings (SSSR count). The van der Waals surface area contributed by atoms with Crippen LogP contribution in [0, 0.1) is 0 Å². The van der Waals surface area contributed by atoms with Gasteiger partial charge < -0.3 is 4.74 Å². The number of carbonyl (C=O) groups excluding carboxylic acids is 1. The molecule has 0 aliphatic carbocycles. The Labute approximate surface area is 115 Å². The Balaban J connectivity index is 2.55. The Morgan fingerprint density at radius 3 is 2.58 bits per heavy atom. The molecule has 0 spiro atoms. The fraction of sp³-hybridized carbons (Fsp3) is 0.438. The van der Waals surface area contributed by atoms with Gasteiger partial charge in [0.05, 0.1) is 7.11 Å². The molecule has 0 bridgehead atoms. The summed E-state index contributed by atoms with van der Waals surface area (Å²) in [7, 11) is 1.39. The van der Waals surface area contributed by atoms with Gasteiger partial charge in [0, 0.05) is 5.54 Å². The van der Waals surface area contributed by atoms with E-state index in [-0.39, 0.29) is 11.5 Å². The van der Waals surface area contributed by atoms with Crippen molar-refractivity contribution in [1.82, 2.24) is 5.32 Å². The maximum atomic E-state index is 11.5. The van der Waals surface area contributed by atoms with E-state index in [9.17, 15) is 4.79 Å². The Hall–Kier alpha value is -1.61. The van der Waals surface area contributed by atoms with Gasteiger partial charge in [0.2, 0.25) is 0 Å². The van der Waals surface area contributed by atoms with Crippen molar-refractivity contribution >= 4 is 5.97 Å². The number of hydrogen-bond acceptors (Lipinski definition) is 3. The van der Waals surface area contributed by atoms with Gasteiger partial charge >= 0.3 is 5.97 Å². The molecule has 104 valence electrons. The maximum absolute atomic E-state index is 11.5. The largest absolute Gasteiger partial charge is 0.468 e. The minimum atomic E-state index is -0.462. The number of ether oxygens (including phenoxy) is 1. The molecule has 0 aromatic heterocycles. The van der Waals surface area contributed by atoms with Gasteiger partial charge in [0.15, 0.2) is 0 Å². The summed E-state index contributed by atoms with van der Waals surface area (Å²) in [5.41, 5.74) is 1.13. The maximum Gasteiger partial charge on any atom is 0.326 e. The molecule has 0 saturated heterocycles. The molecule has 3 nitrogen and oxygen atoms in total. The van der Waals surface area contributed by atoms with Crippen LogP contribution in [0.5, 0.6) is 0 Å². The first-order chi connectivity index (χ1) is 8.98. The van der Waals surface area contributed by atoms with Gasteiger partial charge in [0.1, 0.15) is 6.04 Å². The van der Waals surface area contributed by atoms with Crippen molar-refractivity contribution in [3.05, 3.63) is 48.6 Å². The molecule has 0 saturated carbocycles. The fourth-order valence-electron chi connectivity index (χ4n) is 1.94. The zero-order valence-electron chi connectivity index (χ0n) is 12.0. The fourth-order valence-corrected chi connectivity index (χ4v) is 1.94. The number of rotatable bonds is 7. The monoisotopic (exact) mass is 261 g/mol. The topological polar surface area (TPSA) is 38.3 Å². The highest BCUT2D eigenvalue weighted by Crippen LogP contribution is 2.15. The number of hydrogen-bond donors (Lipinski definition) is 1. The van der Waals surface area contributed by atoms with E-state index in [1.165, 1.54) is 12.7 Å². The summed E-state index contributed by atoms with van der Waals surface area (Å²) in [6, 6.07) is 9.85. The second kappa shape index (κ2) is 7.10. The molecule has 19 heavy (non-hydrogen) atoms. The molecule has 0 aliphatic rings. The third kappa shape index (κ3) is 5.26. The van der Waals surface area contributed by atoms with Crippen molar-refractivity contribution in [3.8, 4) is 0 Å². The Morgan fingerprint density at radius 2 is 2.05 bits per heavy atom. The molecule has 1 aromatic carbocycles. The lowest BCUT2D eigenvalue weighted by atomic mass is 9.94. The van der Waals surface area contributed by atoms with E-state index in [4.69, 9.17) is 4.74 Å². The van der Waals surface area contributed by atoms with Crippen LogP contribution < -0.4 is 5.32 Å². The zero-order chi connectivity index (χ0) is 14.3. The van der Waals surface area contributed by atoms with Crippen LogP contribution in [-0.2, 0) is 16.0 Å². The van der Waals surface area contributed by atoms with Crippen LogP contribution in [0.25, 0.3) is 0 Å². The number of benzene rings is 1. The Morgan fingerprint density at radius 1 is 1.42 bits per heavy atom. The van der Waals surface area contributed by atoms with Gasteiger partial charge in [0.25, 0.3) is 0 Å². The van der Waals surface area contributed by atoms with Crippen LogP contribution in [0.3, 0.4) is 0 Å². The van der Waals surface area contributed by atoms with E-state index in [0.29, 0.717) is 0 Å². The summed E-state index contributed by atoms with van der Waals surface area (Å²) in [6.45, 7) is 7.83. The highest BCUT2D eigenvalue weighted by atomic mass is 16.5. The second-order valence-corrected chi connectivity index (χ2v) is 5.25. The molecule has 0 aliphatic heterocycles. The van der Waals surface area contributed by atoms with Gasteiger partial charge in [-0.15, -0.1) is 6.58 Å². The molecule has 0 amide bonds. The van der Waals surface area contributed by atoms with E-state index in [1.807, 2.05) is 18.2 Å². The third-order valence-electron chi connectivity index (χ3n) is 3.12. The van der Waals surface area contributed by atoms with Crippen molar-refractivity contribution in [1.29, 1.82) is 0 Å². The van der Waals surface area contributed by atoms with Crippen LogP contribution in [0.2, 0.25) is 0 Å². The van der Waals surface area contributed by atoms with Crippen molar-refractivity contribution in [2.24, 2.45) is 0 Å². The SMILES string of the molecule is C=CC(NC(C)(C)CCc1ccccc1)C(=O)OC. The molecule has 1 atom stereocenters. The highest BCUT2D eigenvalue weighted by molar-refractivity contribution is 5.77. The lowest BCUT2D eigenvalue weighted by Gasteiger charge is -2.29. The third-order valence-corrected chi connectivity index (χ3v) is 3.12. The lowest BCUT2D eigenvalue weighted by molar-refractivity contribution is -0.142. The standard InChI is InChI=1S/C16H23NO2/c1-5-14(15(18)19-4)17-16(2,3)12-11-13-9-7-6-8-10-13/h5-10,14,17H,1,11-12H2,2-4H3. The van der Waals surface area contributed by atoms with Crippen molar-refractivity contribution in [3.63, 3.8) is 0 Å². The minimum absolute atomic E-state index is 0.164. The van der Waals surface area contributed by atoms with E-state index < -0.39 is 6.04 Å². The van der Waals surface area contributed by atoms with Crippen molar-refractivity contribution in [2.45, 2.75) is 38.3 Å². The Kier molecular flexibility index (Phi) is 5.77. The molecule has 1 N–H and O–H groups in total. The van der Waals surface area contributed by atoms with Crippen LogP contribution in [0.4, 0.5) is 0 Å². The van der Waals surface area contributed by atoms with Gasteiger partial charge in [-0.1, -0.05) is 36.4 Å². The van der Waals surface area contributed by atoms with Gasteiger partial charge in [-0.25, -0.2) is 0 Å². The summed E-state index contributed by atoms with van der Waals surface area (Å²) < 4.78 is 4.74. The van der Waals surface area contributed by atoms with E-state index in [0.717, 1.165) is 12.8 Å². The van der Waals surface area contributed by atoms with Crippen LogP contribution in [0.1, 0.15) is 25.8 Å².